The third-order valence-corrected chi connectivity index (χ3v) is 3.41. The van der Waals surface area contributed by atoms with Gasteiger partial charge in [-0.15, -0.1) is 0 Å². The summed E-state index contributed by atoms with van der Waals surface area (Å²) < 4.78 is 10.6. The first-order valence-electron chi connectivity index (χ1n) is 6.13. The Kier molecular flexibility index (Phi) is 2.91. The van der Waals surface area contributed by atoms with Crippen molar-refractivity contribution >= 4 is 0 Å². The summed E-state index contributed by atoms with van der Waals surface area (Å²) in [6, 6.07) is 5.65. The molecule has 1 aromatic carbocycles. The van der Waals surface area contributed by atoms with Crippen LogP contribution in [0.4, 0.5) is 0 Å². The normalized spacial score (nSPS) is 20.8. The molecule has 0 bridgehead atoms. The maximum absolute atomic E-state index is 10.2. The predicted octanol–water partition coefficient (Wildman–Crippen LogP) is 1.54. The second-order valence-corrected chi connectivity index (χ2v) is 4.64. The number of ether oxygens (including phenoxy) is 2. The lowest BCUT2D eigenvalue weighted by Crippen LogP contribution is -2.25. The number of nitrogens with zero attached hydrogens (tertiary/aromatic N) is 1. The van der Waals surface area contributed by atoms with E-state index in [2.05, 4.69) is 4.90 Å². The Morgan fingerprint density at radius 2 is 1.94 bits per heavy atom. The quantitative estimate of drug-likeness (QED) is 0.863. The molecule has 92 valence electrons. The van der Waals surface area contributed by atoms with Gasteiger partial charge >= 0.3 is 0 Å². The fraction of sp³-hybridized carbons (Fsp3) is 0.538. The van der Waals surface area contributed by atoms with Crippen molar-refractivity contribution < 1.29 is 14.6 Å². The first-order chi connectivity index (χ1) is 8.33. The van der Waals surface area contributed by atoms with E-state index in [0.717, 1.165) is 30.2 Å². The van der Waals surface area contributed by atoms with Gasteiger partial charge in [0.05, 0.1) is 6.10 Å². The molecule has 0 radical (unpaired) electrons. The molecule has 2 heterocycles. The molecule has 0 aliphatic carbocycles. The average molecular weight is 235 g/mol. The molecule has 0 amide bonds. The molecule has 3 rings (SSSR count). The molecule has 0 unspecified atom stereocenters. The Morgan fingerprint density at radius 1 is 1.18 bits per heavy atom. The molecule has 0 spiro atoms. The zero-order valence-electron chi connectivity index (χ0n) is 9.76. The minimum Gasteiger partial charge on any atom is -0.454 e. The molecule has 1 atom stereocenters. The zero-order chi connectivity index (χ0) is 11.7. The van der Waals surface area contributed by atoms with Crippen LogP contribution in [0.5, 0.6) is 11.5 Å². The largest absolute Gasteiger partial charge is 0.454 e. The van der Waals surface area contributed by atoms with Crippen molar-refractivity contribution in [2.24, 2.45) is 0 Å². The van der Waals surface area contributed by atoms with E-state index in [-0.39, 0.29) is 6.79 Å². The van der Waals surface area contributed by atoms with E-state index in [0.29, 0.717) is 6.54 Å². The van der Waals surface area contributed by atoms with Crippen molar-refractivity contribution in [3.8, 4) is 11.5 Å². The van der Waals surface area contributed by atoms with E-state index in [4.69, 9.17) is 9.47 Å². The van der Waals surface area contributed by atoms with Gasteiger partial charge in [-0.1, -0.05) is 6.07 Å². The third kappa shape index (κ3) is 2.23. The smallest absolute Gasteiger partial charge is 0.231 e. The van der Waals surface area contributed by atoms with Crippen LogP contribution < -0.4 is 9.47 Å². The van der Waals surface area contributed by atoms with Gasteiger partial charge in [0.1, 0.15) is 0 Å². The Labute approximate surface area is 101 Å². The van der Waals surface area contributed by atoms with Gasteiger partial charge < -0.3 is 19.5 Å². The predicted molar refractivity (Wildman–Crippen MR) is 63.2 cm³/mol. The maximum Gasteiger partial charge on any atom is 0.231 e. The topological polar surface area (TPSA) is 41.9 Å². The van der Waals surface area contributed by atoms with Gasteiger partial charge in [-0.05, 0) is 43.6 Å². The Bertz CT molecular complexity index is 402. The monoisotopic (exact) mass is 235 g/mol. The molecule has 1 saturated heterocycles. The zero-order valence-corrected chi connectivity index (χ0v) is 9.76. The van der Waals surface area contributed by atoms with E-state index < -0.39 is 6.10 Å². The molecule has 4 nitrogen and oxygen atoms in total. The Balaban J connectivity index is 1.70. The van der Waals surface area contributed by atoms with Gasteiger partial charge in [-0.2, -0.15) is 0 Å². The molecule has 0 aromatic heterocycles. The number of rotatable bonds is 3. The fourth-order valence-corrected chi connectivity index (χ4v) is 2.44. The van der Waals surface area contributed by atoms with Crippen molar-refractivity contribution in [3.63, 3.8) is 0 Å². The van der Waals surface area contributed by atoms with E-state index in [1.165, 1.54) is 12.8 Å². The van der Waals surface area contributed by atoms with Crippen molar-refractivity contribution in [1.82, 2.24) is 4.90 Å². The van der Waals surface area contributed by atoms with Crippen molar-refractivity contribution in [2.75, 3.05) is 26.4 Å². The lowest BCUT2D eigenvalue weighted by molar-refractivity contribution is 0.126. The number of β-amino-alcohol motifs (C(OH)–C–C–N with tert-alkyl or cyclic N) is 1. The summed E-state index contributed by atoms with van der Waals surface area (Å²) in [5, 5.41) is 10.2. The lowest BCUT2D eigenvalue weighted by atomic mass is 10.1. The van der Waals surface area contributed by atoms with Gasteiger partial charge in [0.25, 0.3) is 0 Å². The summed E-state index contributed by atoms with van der Waals surface area (Å²) >= 11 is 0. The SMILES string of the molecule is O[C@@H](CN1CCCC1)c1ccc2c(c1)OCO2. The second kappa shape index (κ2) is 4.55. The lowest BCUT2D eigenvalue weighted by Gasteiger charge is -2.19. The second-order valence-electron chi connectivity index (χ2n) is 4.64. The van der Waals surface area contributed by atoms with Crippen LogP contribution in [-0.2, 0) is 0 Å². The molecular weight excluding hydrogens is 218 g/mol. The van der Waals surface area contributed by atoms with Crippen LogP contribution >= 0.6 is 0 Å². The summed E-state index contributed by atoms with van der Waals surface area (Å²) in [6.07, 6.45) is 2.05. The Hall–Kier alpha value is -1.26. The number of benzene rings is 1. The van der Waals surface area contributed by atoms with Gasteiger partial charge in [0.2, 0.25) is 6.79 Å². The standard InChI is InChI=1S/C13H17NO3/c15-11(8-14-5-1-2-6-14)10-3-4-12-13(7-10)17-9-16-12/h3-4,7,11,15H,1-2,5-6,8-9H2/t11-/m0/s1. The summed E-state index contributed by atoms with van der Waals surface area (Å²) in [5.74, 6) is 1.50. The molecule has 4 heteroatoms. The summed E-state index contributed by atoms with van der Waals surface area (Å²) in [4.78, 5) is 2.30. The molecule has 1 N–H and O–H groups in total. The van der Waals surface area contributed by atoms with Crippen molar-refractivity contribution in [1.29, 1.82) is 0 Å². The van der Waals surface area contributed by atoms with Crippen molar-refractivity contribution in [3.05, 3.63) is 23.8 Å². The molecule has 1 fully saturated rings. The first-order valence-corrected chi connectivity index (χ1v) is 6.13. The molecule has 17 heavy (non-hydrogen) atoms. The van der Waals surface area contributed by atoms with E-state index >= 15 is 0 Å². The molecular formula is C13H17NO3. The van der Waals surface area contributed by atoms with E-state index in [9.17, 15) is 5.11 Å². The summed E-state index contributed by atoms with van der Waals surface area (Å²) in [5.41, 5.74) is 0.904. The van der Waals surface area contributed by atoms with Crippen LogP contribution in [0.3, 0.4) is 0 Å². The maximum atomic E-state index is 10.2. The molecule has 0 saturated carbocycles. The fourth-order valence-electron chi connectivity index (χ4n) is 2.44. The van der Waals surface area contributed by atoms with Crippen LogP contribution in [0.25, 0.3) is 0 Å². The Morgan fingerprint density at radius 3 is 2.76 bits per heavy atom. The van der Waals surface area contributed by atoms with E-state index in [1.54, 1.807) is 0 Å². The van der Waals surface area contributed by atoms with Gasteiger partial charge in [0.15, 0.2) is 11.5 Å². The van der Waals surface area contributed by atoms with E-state index in [1.807, 2.05) is 18.2 Å². The third-order valence-electron chi connectivity index (χ3n) is 3.41. The molecule has 2 aliphatic rings. The van der Waals surface area contributed by atoms with Crippen LogP contribution in [0.15, 0.2) is 18.2 Å². The minimum absolute atomic E-state index is 0.279. The van der Waals surface area contributed by atoms with Crippen LogP contribution in [0, 0.1) is 0 Å². The number of likely N-dealkylation sites (tertiary alicyclic amines) is 1. The van der Waals surface area contributed by atoms with Gasteiger partial charge in [0, 0.05) is 6.54 Å². The van der Waals surface area contributed by atoms with Gasteiger partial charge in [-0.3, -0.25) is 0 Å². The summed E-state index contributed by atoms with van der Waals surface area (Å²) in [7, 11) is 0. The van der Waals surface area contributed by atoms with Crippen LogP contribution in [-0.4, -0.2) is 36.4 Å². The number of fused-ring (bicyclic) bond motifs is 1. The molecule has 1 aromatic rings. The number of aliphatic hydroxyl groups is 1. The molecule has 2 aliphatic heterocycles. The van der Waals surface area contributed by atoms with Gasteiger partial charge in [-0.25, -0.2) is 0 Å². The highest BCUT2D eigenvalue weighted by molar-refractivity contribution is 5.45. The van der Waals surface area contributed by atoms with Crippen molar-refractivity contribution in [2.45, 2.75) is 18.9 Å². The highest BCUT2D eigenvalue weighted by atomic mass is 16.7. The number of aliphatic hydroxyl groups excluding tert-OH is 1. The van der Waals surface area contributed by atoms with Crippen LogP contribution in [0.2, 0.25) is 0 Å². The summed E-state index contributed by atoms with van der Waals surface area (Å²) in [6.45, 7) is 3.18. The minimum atomic E-state index is -0.442. The number of hydrogen-bond acceptors (Lipinski definition) is 4. The highest BCUT2D eigenvalue weighted by Crippen LogP contribution is 2.34. The average Bonchev–Trinajstić information content (AvgIpc) is 2.97. The number of hydrogen-bond donors (Lipinski definition) is 1. The highest BCUT2D eigenvalue weighted by Gasteiger charge is 2.20. The van der Waals surface area contributed by atoms with Crippen LogP contribution in [0.1, 0.15) is 24.5 Å². The first kappa shape index (κ1) is 10.9.